The maximum Gasteiger partial charge on any atom is 0.272 e. The number of rotatable bonds is 4. The van der Waals surface area contributed by atoms with Crippen LogP contribution in [0.1, 0.15) is 10.5 Å². The molecule has 3 N–H and O–H groups in total. The Kier molecular flexibility index (Phi) is 3.70. The van der Waals surface area contributed by atoms with Crippen LogP contribution in [-0.2, 0) is 6.54 Å². The van der Waals surface area contributed by atoms with Crippen molar-refractivity contribution in [1.82, 2.24) is 14.9 Å². The molecule has 1 rings (SSSR count). The van der Waals surface area contributed by atoms with Gasteiger partial charge in [0, 0.05) is 19.3 Å². The first-order chi connectivity index (χ1) is 6.77. The van der Waals surface area contributed by atoms with Crippen LogP contribution < -0.4 is 11.1 Å². The molecule has 0 atom stereocenters. The minimum Gasteiger partial charge on any atom is -0.340 e. The topological polar surface area (TPSA) is 72.9 Å². The Morgan fingerprint density at radius 2 is 2.57 bits per heavy atom. The first-order valence-electron chi connectivity index (χ1n) is 4.21. The minimum absolute atomic E-state index is 0.211. The average molecular weight is 192 g/mol. The molecule has 74 valence electrons. The van der Waals surface area contributed by atoms with E-state index in [0.717, 1.165) is 0 Å². The Morgan fingerprint density at radius 1 is 1.79 bits per heavy atom. The molecule has 0 fully saturated rings. The van der Waals surface area contributed by atoms with Crippen LogP contribution in [0.15, 0.2) is 12.5 Å². The van der Waals surface area contributed by atoms with Crippen molar-refractivity contribution in [3.05, 3.63) is 18.2 Å². The van der Waals surface area contributed by atoms with E-state index in [-0.39, 0.29) is 12.5 Å². The summed E-state index contributed by atoms with van der Waals surface area (Å²) in [5.74, 6) is 2.05. The normalized spacial score (nSPS) is 9.43. The number of nitrogens with zero attached hydrogens (tertiary/aromatic N) is 2. The summed E-state index contributed by atoms with van der Waals surface area (Å²) < 4.78 is 1.75. The number of carbonyl (C=O) groups excluding carboxylic acids is 1. The van der Waals surface area contributed by atoms with Crippen molar-refractivity contribution in [2.75, 3.05) is 13.1 Å². The van der Waals surface area contributed by atoms with Gasteiger partial charge in [-0.15, -0.1) is 6.42 Å². The van der Waals surface area contributed by atoms with Gasteiger partial charge in [-0.25, -0.2) is 4.98 Å². The summed E-state index contributed by atoms with van der Waals surface area (Å²) in [6.07, 6.45) is 8.21. The van der Waals surface area contributed by atoms with Gasteiger partial charge < -0.3 is 15.6 Å². The zero-order chi connectivity index (χ0) is 10.4. The second kappa shape index (κ2) is 5.04. The van der Waals surface area contributed by atoms with Gasteiger partial charge in [0.2, 0.25) is 0 Å². The van der Waals surface area contributed by atoms with Crippen molar-refractivity contribution in [3.63, 3.8) is 0 Å². The fourth-order valence-electron chi connectivity index (χ4n) is 0.971. The Hall–Kier alpha value is -1.80. The maximum atomic E-state index is 11.3. The van der Waals surface area contributed by atoms with Crippen molar-refractivity contribution in [2.24, 2.45) is 5.73 Å². The molecule has 14 heavy (non-hydrogen) atoms. The molecule has 0 radical (unpaired) electrons. The number of amides is 1. The highest BCUT2D eigenvalue weighted by atomic mass is 16.1. The lowest BCUT2D eigenvalue weighted by atomic mass is 10.4. The third-order valence-electron chi connectivity index (χ3n) is 1.60. The van der Waals surface area contributed by atoms with Gasteiger partial charge in [-0.2, -0.15) is 0 Å². The Morgan fingerprint density at radius 3 is 3.21 bits per heavy atom. The summed E-state index contributed by atoms with van der Waals surface area (Å²) in [4.78, 5) is 15.2. The summed E-state index contributed by atoms with van der Waals surface area (Å²) in [7, 11) is 0. The zero-order valence-electron chi connectivity index (χ0n) is 7.73. The van der Waals surface area contributed by atoms with E-state index in [0.29, 0.717) is 18.8 Å². The van der Waals surface area contributed by atoms with E-state index in [1.165, 1.54) is 0 Å². The summed E-state index contributed by atoms with van der Waals surface area (Å²) in [6.45, 7) is 1.37. The SMILES string of the molecule is C#CCNC(=O)c1cn(CCN)cn1. The molecule has 5 nitrogen and oxygen atoms in total. The number of aromatic nitrogens is 2. The van der Waals surface area contributed by atoms with Crippen molar-refractivity contribution in [2.45, 2.75) is 6.54 Å². The second-order valence-electron chi connectivity index (χ2n) is 2.67. The molecule has 0 aliphatic carbocycles. The van der Waals surface area contributed by atoms with Crippen LogP contribution >= 0.6 is 0 Å². The monoisotopic (exact) mass is 192 g/mol. The number of hydrogen-bond acceptors (Lipinski definition) is 3. The molecule has 0 spiro atoms. The fourth-order valence-corrected chi connectivity index (χ4v) is 0.971. The third kappa shape index (κ3) is 2.61. The quantitative estimate of drug-likeness (QED) is 0.614. The predicted molar refractivity (Wildman–Crippen MR) is 52.4 cm³/mol. The molecule has 0 aromatic carbocycles. The van der Waals surface area contributed by atoms with Gasteiger partial charge in [-0.05, 0) is 0 Å². The lowest BCUT2D eigenvalue weighted by molar-refractivity contribution is 0.0954. The average Bonchev–Trinajstić information content (AvgIpc) is 2.63. The van der Waals surface area contributed by atoms with Gasteiger partial charge in [0.15, 0.2) is 0 Å². The van der Waals surface area contributed by atoms with Gasteiger partial charge in [0.1, 0.15) is 5.69 Å². The number of carbonyl (C=O) groups is 1. The Bertz CT molecular complexity index is 350. The van der Waals surface area contributed by atoms with E-state index < -0.39 is 0 Å². The highest BCUT2D eigenvalue weighted by Gasteiger charge is 2.07. The van der Waals surface area contributed by atoms with Crippen LogP contribution in [0.3, 0.4) is 0 Å². The zero-order valence-corrected chi connectivity index (χ0v) is 7.73. The maximum absolute atomic E-state index is 11.3. The molecule has 0 bridgehead atoms. The van der Waals surface area contributed by atoms with E-state index in [2.05, 4.69) is 16.2 Å². The van der Waals surface area contributed by atoms with Crippen LogP contribution in [0, 0.1) is 12.3 Å². The minimum atomic E-state index is -0.265. The van der Waals surface area contributed by atoms with Crippen molar-refractivity contribution >= 4 is 5.91 Å². The molecule has 0 aliphatic heterocycles. The van der Waals surface area contributed by atoms with Crippen LogP contribution in [-0.4, -0.2) is 28.5 Å². The summed E-state index contributed by atoms with van der Waals surface area (Å²) in [5.41, 5.74) is 5.71. The van der Waals surface area contributed by atoms with Crippen molar-refractivity contribution < 1.29 is 4.79 Å². The standard InChI is InChI=1S/C9H12N4O/c1-2-4-11-9(14)8-6-13(5-3-10)7-12-8/h1,6-7H,3-5,10H2,(H,11,14). The third-order valence-corrected chi connectivity index (χ3v) is 1.60. The van der Waals surface area contributed by atoms with Gasteiger partial charge in [0.05, 0.1) is 12.9 Å². The molecule has 1 aromatic heterocycles. The number of hydrogen-bond donors (Lipinski definition) is 2. The fraction of sp³-hybridized carbons (Fsp3) is 0.333. The summed E-state index contributed by atoms with van der Waals surface area (Å²) >= 11 is 0. The van der Waals surface area contributed by atoms with E-state index in [9.17, 15) is 4.79 Å². The van der Waals surface area contributed by atoms with Crippen molar-refractivity contribution in [3.8, 4) is 12.3 Å². The second-order valence-corrected chi connectivity index (χ2v) is 2.67. The molecule has 0 unspecified atom stereocenters. The van der Waals surface area contributed by atoms with Crippen LogP contribution in [0.25, 0.3) is 0 Å². The van der Waals surface area contributed by atoms with Crippen LogP contribution in [0.2, 0.25) is 0 Å². The molecule has 0 aliphatic rings. The molecule has 1 amide bonds. The number of nitrogens with one attached hydrogen (secondary N) is 1. The molecular formula is C9H12N4O. The van der Waals surface area contributed by atoms with E-state index in [1.54, 1.807) is 17.1 Å². The Balaban J connectivity index is 2.58. The first-order valence-corrected chi connectivity index (χ1v) is 4.21. The Labute approximate surface area is 82.3 Å². The molecule has 5 heteroatoms. The highest BCUT2D eigenvalue weighted by Crippen LogP contribution is 1.95. The summed E-state index contributed by atoms with van der Waals surface area (Å²) in [6, 6.07) is 0. The van der Waals surface area contributed by atoms with E-state index in [1.807, 2.05) is 0 Å². The van der Waals surface area contributed by atoms with Gasteiger partial charge >= 0.3 is 0 Å². The van der Waals surface area contributed by atoms with E-state index in [4.69, 9.17) is 12.2 Å². The van der Waals surface area contributed by atoms with Gasteiger partial charge in [0.25, 0.3) is 5.91 Å². The van der Waals surface area contributed by atoms with E-state index >= 15 is 0 Å². The largest absolute Gasteiger partial charge is 0.340 e. The number of terminal acetylenes is 1. The highest BCUT2D eigenvalue weighted by molar-refractivity contribution is 5.92. The molecular weight excluding hydrogens is 180 g/mol. The molecule has 0 saturated heterocycles. The summed E-state index contributed by atoms with van der Waals surface area (Å²) in [5, 5.41) is 2.52. The molecule has 1 aromatic rings. The lowest BCUT2D eigenvalue weighted by Crippen LogP contribution is -2.23. The van der Waals surface area contributed by atoms with Crippen molar-refractivity contribution in [1.29, 1.82) is 0 Å². The lowest BCUT2D eigenvalue weighted by Gasteiger charge is -1.97. The van der Waals surface area contributed by atoms with Crippen LogP contribution in [0.4, 0.5) is 0 Å². The smallest absolute Gasteiger partial charge is 0.272 e. The predicted octanol–water partition coefficient (Wildman–Crippen LogP) is -0.795. The van der Waals surface area contributed by atoms with Crippen LogP contribution in [0.5, 0.6) is 0 Å². The molecule has 1 heterocycles. The number of imidazole rings is 1. The first kappa shape index (κ1) is 10.3. The van der Waals surface area contributed by atoms with Gasteiger partial charge in [-0.1, -0.05) is 5.92 Å². The molecule has 0 saturated carbocycles. The number of nitrogens with two attached hydrogens (primary N) is 1. The van der Waals surface area contributed by atoms with Gasteiger partial charge in [-0.3, -0.25) is 4.79 Å².